The van der Waals surface area contributed by atoms with Gasteiger partial charge in [0.15, 0.2) is 0 Å². The molecule has 4 rings (SSSR count). The lowest BCUT2D eigenvalue weighted by molar-refractivity contribution is -0.131. The molecule has 1 aliphatic rings. The Morgan fingerprint density at radius 2 is 1.89 bits per heavy atom. The Kier molecular flexibility index (Phi) is 5.15. The summed E-state index contributed by atoms with van der Waals surface area (Å²) in [5.41, 5.74) is 5.32. The number of aryl methyl sites for hydroxylation is 2. The highest BCUT2D eigenvalue weighted by atomic mass is 16.5. The maximum Gasteiger partial charge on any atom is 0.227 e. The topological polar surface area (TPSA) is 47.4 Å². The molecule has 5 heteroatoms. The van der Waals surface area contributed by atoms with Gasteiger partial charge in [-0.2, -0.15) is 5.10 Å². The first-order valence-corrected chi connectivity index (χ1v) is 9.67. The number of nitrogens with zero attached hydrogens (tertiary/aromatic N) is 3. The van der Waals surface area contributed by atoms with Crippen molar-refractivity contribution in [2.45, 2.75) is 32.9 Å². The maximum atomic E-state index is 13.0. The van der Waals surface area contributed by atoms with Gasteiger partial charge in [0.05, 0.1) is 31.5 Å². The van der Waals surface area contributed by atoms with Crippen molar-refractivity contribution in [3.63, 3.8) is 0 Å². The number of hydrogen-bond donors (Lipinski definition) is 0. The predicted molar refractivity (Wildman–Crippen MR) is 109 cm³/mol. The van der Waals surface area contributed by atoms with Crippen LogP contribution in [0.3, 0.4) is 0 Å². The summed E-state index contributed by atoms with van der Waals surface area (Å²) in [6.45, 7) is 4.25. The van der Waals surface area contributed by atoms with Crippen molar-refractivity contribution in [3.8, 4) is 17.0 Å². The summed E-state index contributed by atoms with van der Waals surface area (Å²) in [5.74, 6) is 0.883. The van der Waals surface area contributed by atoms with E-state index in [0.717, 1.165) is 47.8 Å². The quantitative estimate of drug-likeness (QED) is 0.696. The zero-order valence-corrected chi connectivity index (χ0v) is 16.4. The van der Waals surface area contributed by atoms with Crippen molar-refractivity contribution in [2.75, 3.05) is 13.7 Å². The van der Waals surface area contributed by atoms with Gasteiger partial charge in [-0.05, 0) is 25.5 Å². The van der Waals surface area contributed by atoms with E-state index in [4.69, 9.17) is 9.84 Å². The number of rotatable bonds is 4. The third kappa shape index (κ3) is 3.79. The molecule has 2 aromatic carbocycles. The fraction of sp³-hybridized carbons (Fsp3) is 0.304. The number of amides is 1. The van der Waals surface area contributed by atoms with E-state index < -0.39 is 0 Å². The van der Waals surface area contributed by atoms with Gasteiger partial charge in [-0.3, -0.25) is 9.48 Å². The molecular formula is C23H25N3O2. The minimum Gasteiger partial charge on any atom is -0.496 e. The standard InChI is InChI=1S/C23H25N3O2/c1-17-8-10-18(11-9-17)21-15-20-16-25(12-5-13-26(20)24-21)23(27)14-19-6-3-4-7-22(19)28-2/h3-4,6-11,15H,5,12-14,16H2,1-2H3. The van der Waals surface area contributed by atoms with Crippen LogP contribution in [-0.2, 0) is 24.3 Å². The summed E-state index contributed by atoms with van der Waals surface area (Å²) in [5, 5.41) is 4.77. The number of methoxy groups -OCH3 is 1. The number of hydrogen-bond acceptors (Lipinski definition) is 3. The second-order valence-corrected chi connectivity index (χ2v) is 7.27. The Morgan fingerprint density at radius 3 is 2.68 bits per heavy atom. The van der Waals surface area contributed by atoms with Gasteiger partial charge in [0.2, 0.25) is 5.91 Å². The van der Waals surface area contributed by atoms with Gasteiger partial charge in [-0.15, -0.1) is 0 Å². The molecule has 0 N–H and O–H groups in total. The Balaban J connectivity index is 1.52. The predicted octanol–water partition coefficient (Wildman–Crippen LogP) is 3.84. The molecule has 0 aliphatic carbocycles. The van der Waals surface area contributed by atoms with Crippen LogP contribution >= 0.6 is 0 Å². The number of carbonyl (C=O) groups is 1. The second kappa shape index (κ2) is 7.89. The minimum absolute atomic E-state index is 0.121. The molecule has 0 fully saturated rings. The van der Waals surface area contributed by atoms with Gasteiger partial charge >= 0.3 is 0 Å². The van der Waals surface area contributed by atoms with Crippen LogP contribution in [0.15, 0.2) is 54.6 Å². The highest BCUT2D eigenvalue weighted by molar-refractivity contribution is 5.79. The summed E-state index contributed by atoms with van der Waals surface area (Å²) < 4.78 is 7.44. The van der Waals surface area contributed by atoms with E-state index in [1.807, 2.05) is 33.8 Å². The number of benzene rings is 2. The van der Waals surface area contributed by atoms with Crippen molar-refractivity contribution >= 4 is 5.91 Å². The van der Waals surface area contributed by atoms with Crippen LogP contribution in [0.25, 0.3) is 11.3 Å². The lowest BCUT2D eigenvalue weighted by Crippen LogP contribution is -2.32. The van der Waals surface area contributed by atoms with Crippen molar-refractivity contribution in [1.29, 1.82) is 0 Å². The fourth-order valence-electron chi connectivity index (χ4n) is 3.66. The van der Waals surface area contributed by atoms with Gasteiger partial charge in [0.25, 0.3) is 0 Å². The highest BCUT2D eigenvalue weighted by Gasteiger charge is 2.22. The zero-order valence-electron chi connectivity index (χ0n) is 16.4. The third-order valence-corrected chi connectivity index (χ3v) is 5.25. The normalized spacial score (nSPS) is 13.7. The minimum atomic E-state index is 0.121. The summed E-state index contributed by atoms with van der Waals surface area (Å²) in [6.07, 6.45) is 1.25. The van der Waals surface area contributed by atoms with E-state index in [9.17, 15) is 4.79 Å². The number of para-hydroxylation sites is 1. The molecule has 0 spiro atoms. The molecule has 0 saturated carbocycles. The van der Waals surface area contributed by atoms with Crippen molar-refractivity contribution in [1.82, 2.24) is 14.7 Å². The molecule has 0 atom stereocenters. The second-order valence-electron chi connectivity index (χ2n) is 7.27. The Labute approximate surface area is 165 Å². The number of carbonyl (C=O) groups excluding carboxylic acids is 1. The Hall–Kier alpha value is -3.08. The van der Waals surface area contributed by atoms with Gasteiger partial charge in [-0.1, -0.05) is 48.0 Å². The summed E-state index contributed by atoms with van der Waals surface area (Å²) >= 11 is 0. The van der Waals surface area contributed by atoms with Crippen molar-refractivity contribution in [2.24, 2.45) is 0 Å². The van der Waals surface area contributed by atoms with Gasteiger partial charge < -0.3 is 9.64 Å². The van der Waals surface area contributed by atoms with Crippen LogP contribution in [0.1, 0.15) is 23.2 Å². The van der Waals surface area contributed by atoms with E-state index in [-0.39, 0.29) is 5.91 Å². The van der Waals surface area contributed by atoms with E-state index >= 15 is 0 Å². The fourth-order valence-corrected chi connectivity index (χ4v) is 3.66. The van der Waals surface area contributed by atoms with E-state index in [0.29, 0.717) is 13.0 Å². The van der Waals surface area contributed by atoms with Crippen LogP contribution in [0.2, 0.25) is 0 Å². The molecule has 0 radical (unpaired) electrons. The van der Waals surface area contributed by atoms with Gasteiger partial charge in [0, 0.05) is 24.2 Å². The van der Waals surface area contributed by atoms with Gasteiger partial charge in [-0.25, -0.2) is 0 Å². The van der Waals surface area contributed by atoms with Crippen LogP contribution in [0, 0.1) is 6.92 Å². The summed E-state index contributed by atoms with van der Waals surface area (Å²) in [6, 6.07) is 18.2. The zero-order chi connectivity index (χ0) is 19.5. The molecule has 0 unspecified atom stereocenters. The van der Waals surface area contributed by atoms with E-state index in [2.05, 4.69) is 37.3 Å². The molecule has 0 saturated heterocycles. The molecule has 3 aromatic rings. The molecule has 1 aliphatic heterocycles. The van der Waals surface area contributed by atoms with Gasteiger partial charge in [0.1, 0.15) is 5.75 Å². The molecule has 0 bridgehead atoms. The Morgan fingerprint density at radius 1 is 1.11 bits per heavy atom. The van der Waals surface area contributed by atoms with Crippen molar-refractivity contribution in [3.05, 3.63) is 71.4 Å². The maximum absolute atomic E-state index is 13.0. The molecule has 28 heavy (non-hydrogen) atoms. The lowest BCUT2D eigenvalue weighted by Gasteiger charge is -2.20. The smallest absolute Gasteiger partial charge is 0.227 e. The first-order valence-electron chi connectivity index (χ1n) is 9.67. The molecular weight excluding hydrogens is 350 g/mol. The molecule has 1 amide bonds. The number of aromatic nitrogens is 2. The average molecular weight is 375 g/mol. The molecule has 5 nitrogen and oxygen atoms in total. The largest absolute Gasteiger partial charge is 0.496 e. The third-order valence-electron chi connectivity index (χ3n) is 5.25. The van der Waals surface area contributed by atoms with Crippen molar-refractivity contribution < 1.29 is 9.53 Å². The summed E-state index contributed by atoms with van der Waals surface area (Å²) in [7, 11) is 1.64. The SMILES string of the molecule is COc1ccccc1CC(=O)N1CCCn2nc(-c3ccc(C)cc3)cc2C1. The molecule has 1 aromatic heterocycles. The van der Waals surface area contributed by atoms with E-state index in [1.54, 1.807) is 7.11 Å². The van der Waals surface area contributed by atoms with Crippen LogP contribution in [0.4, 0.5) is 0 Å². The highest BCUT2D eigenvalue weighted by Crippen LogP contribution is 2.24. The van der Waals surface area contributed by atoms with Crippen LogP contribution in [0.5, 0.6) is 5.75 Å². The average Bonchev–Trinajstić information content (AvgIpc) is 3.00. The van der Waals surface area contributed by atoms with E-state index in [1.165, 1.54) is 5.56 Å². The Bertz CT molecular complexity index is 976. The molecule has 144 valence electrons. The lowest BCUT2D eigenvalue weighted by atomic mass is 10.1. The number of ether oxygens (including phenoxy) is 1. The number of fused-ring (bicyclic) bond motifs is 1. The monoisotopic (exact) mass is 375 g/mol. The first kappa shape index (κ1) is 18.3. The van der Waals surface area contributed by atoms with Crippen LogP contribution in [-0.4, -0.2) is 34.2 Å². The molecule has 2 heterocycles. The van der Waals surface area contributed by atoms with Crippen LogP contribution < -0.4 is 4.74 Å². The first-order chi connectivity index (χ1) is 13.6. The summed E-state index contributed by atoms with van der Waals surface area (Å²) in [4.78, 5) is 14.9.